The largest absolute Gasteiger partial charge is 0.360 e. The Morgan fingerprint density at radius 3 is 2.75 bits per heavy atom. The van der Waals surface area contributed by atoms with Crippen LogP contribution >= 0.6 is 11.6 Å². The number of hydrogen-bond donors (Lipinski definition) is 1. The van der Waals surface area contributed by atoms with Gasteiger partial charge in [-0.3, -0.25) is 4.79 Å². The van der Waals surface area contributed by atoms with Gasteiger partial charge in [0, 0.05) is 13.1 Å². The Labute approximate surface area is 99.8 Å². The second-order valence-corrected chi connectivity index (χ2v) is 3.55. The van der Waals surface area contributed by atoms with Crippen LogP contribution in [-0.2, 0) is 4.79 Å². The Morgan fingerprint density at radius 1 is 1.50 bits per heavy atom. The van der Waals surface area contributed by atoms with Crippen molar-refractivity contribution >= 4 is 23.3 Å². The number of nitrogens with zero attached hydrogens (tertiary/aromatic N) is 3. The normalized spacial score (nSPS) is 9.94. The summed E-state index contributed by atoms with van der Waals surface area (Å²) >= 11 is 5.84. The van der Waals surface area contributed by atoms with Crippen LogP contribution in [0.15, 0.2) is 12.5 Å². The minimum atomic E-state index is 0.0275. The highest BCUT2D eigenvalue weighted by molar-refractivity contribution is 6.32. The summed E-state index contributed by atoms with van der Waals surface area (Å²) in [5.74, 6) is 0.511. The molecule has 0 aliphatic heterocycles. The van der Waals surface area contributed by atoms with Crippen LogP contribution in [0.25, 0.3) is 0 Å². The van der Waals surface area contributed by atoms with E-state index in [9.17, 15) is 4.79 Å². The van der Waals surface area contributed by atoms with Crippen LogP contribution in [0.3, 0.4) is 0 Å². The first kappa shape index (κ1) is 12.7. The predicted octanol–water partition coefficient (Wildman–Crippen LogP) is 1.41. The van der Waals surface area contributed by atoms with Crippen LogP contribution in [0.2, 0.25) is 5.02 Å². The maximum atomic E-state index is 11.7. The fraction of sp³-hybridized carbons (Fsp3) is 0.500. The molecule has 0 bridgehead atoms. The van der Waals surface area contributed by atoms with Gasteiger partial charge in [0.25, 0.3) is 0 Å². The third-order valence-corrected chi connectivity index (χ3v) is 2.47. The van der Waals surface area contributed by atoms with E-state index < -0.39 is 0 Å². The Morgan fingerprint density at radius 2 is 2.19 bits per heavy atom. The first-order valence-electron chi connectivity index (χ1n) is 5.16. The number of likely N-dealkylation sites (N-methyl/N-ethyl adjacent to an activating group) is 1. The van der Waals surface area contributed by atoms with Crippen molar-refractivity contribution in [3.05, 3.63) is 17.5 Å². The minimum absolute atomic E-state index is 0.0275. The predicted molar refractivity (Wildman–Crippen MR) is 63.5 cm³/mol. The van der Waals surface area contributed by atoms with Gasteiger partial charge < -0.3 is 10.2 Å². The van der Waals surface area contributed by atoms with Crippen molar-refractivity contribution in [2.24, 2.45) is 0 Å². The molecule has 1 N–H and O–H groups in total. The summed E-state index contributed by atoms with van der Waals surface area (Å²) in [5.41, 5.74) is 0. The Kier molecular flexibility index (Phi) is 4.98. The molecule has 0 aromatic carbocycles. The van der Waals surface area contributed by atoms with Crippen molar-refractivity contribution < 1.29 is 4.79 Å². The maximum absolute atomic E-state index is 11.7. The van der Waals surface area contributed by atoms with E-state index in [1.807, 2.05) is 13.8 Å². The van der Waals surface area contributed by atoms with E-state index in [0.717, 1.165) is 0 Å². The van der Waals surface area contributed by atoms with Crippen molar-refractivity contribution in [3.63, 3.8) is 0 Å². The molecule has 88 valence electrons. The molecule has 0 radical (unpaired) electrons. The fourth-order valence-corrected chi connectivity index (χ4v) is 1.46. The van der Waals surface area contributed by atoms with Gasteiger partial charge in [-0.1, -0.05) is 11.6 Å². The molecule has 1 heterocycles. The van der Waals surface area contributed by atoms with Gasteiger partial charge in [0.15, 0.2) is 0 Å². The summed E-state index contributed by atoms with van der Waals surface area (Å²) < 4.78 is 0. The Balaban J connectivity index is 2.52. The second kappa shape index (κ2) is 6.27. The molecule has 16 heavy (non-hydrogen) atoms. The van der Waals surface area contributed by atoms with Gasteiger partial charge >= 0.3 is 0 Å². The van der Waals surface area contributed by atoms with Crippen LogP contribution < -0.4 is 5.32 Å². The summed E-state index contributed by atoms with van der Waals surface area (Å²) in [5, 5.41) is 3.30. The SMILES string of the molecule is CCN(CC)C(=O)CNc1ncncc1Cl. The third-order valence-electron chi connectivity index (χ3n) is 2.19. The zero-order valence-corrected chi connectivity index (χ0v) is 10.2. The molecule has 0 fully saturated rings. The highest BCUT2D eigenvalue weighted by Crippen LogP contribution is 2.15. The van der Waals surface area contributed by atoms with Gasteiger partial charge in [-0.2, -0.15) is 0 Å². The Hall–Kier alpha value is -1.36. The molecule has 1 aromatic rings. The minimum Gasteiger partial charge on any atom is -0.360 e. The maximum Gasteiger partial charge on any atom is 0.241 e. The van der Waals surface area contributed by atoms with Gasteiger partial charge in [0.2, 0.25) is 5.91 Å². The van der Waals surface area contributed by atoms with Crippen molar-refractivity contribution in [3.8, 4) is 0 Å². The second-order valence-electron chi connectivity index (χ2n) is 3.14. The number of hydrogen-bond acceptors (Lipinski definition) is 4. The lowest BCUT2D eigenvalue weighted by Crippen LogP contribution is -2.35. The Bertz CT molecular complexity index is 354. The van der Waals surface area contributed by atoms with E-state index in [4.69, 9.17) is 11.6 Å². The van der Waals surface area contributed by atoms with Crippen LogP contribution in [0, 0.1) is 0 Å². The molecule has 0 saturated carbocycles. The molecule has 6 heteroatoms. The summed E-state index contributed by atoms with van der Waals surface area (Å²) in [4.78, 5) is 21.1. The quantitative estimate of drug-likeness (QED) is 0.848. The zero-order chi connectivity index (χ0) is 12.0. The van der Waals surface area contributed by atoms with Gasteiger partial charge in [0.05, 0.1) is 12.7 Å². The average Bonchev–Trinajstić information content (AvgIpc) is 2.29. The molecule has 0 spiro atoms. The molecule has 0 aliphatic rings. The molecule has 0 aliphatic carbocycles. The van der Waals surface area contributed by atoms with Crippen LogP contribution in [0.1, 0.15) is 13.8 Å². The first-order valence-corrected chi connectivity index (χ1v) is 5.54. The number of rotatable bonds is 5. The van der Waals surface area contributed by atoms with E-state index in [0.29, 0.717) is 23.9 Å². The van der Waals surface area contributed by atoms with Gasteiger partial charge in [-0.25, -0.2) is 9.97 Å². The summed E-state index contributed by atoms with van der Waals surface area (Å²) in [7, 11) is 0. The van der Waals surface area contributed by atoms with Crippen molar-refractivity contribution in [2.75, 3.05) is 25.0 Å². The number of carbonyl (C=O) groups excluding carboxylic acids is 1. The van der Waals surface area contributed by atoms with E-state index in [1.54, 1.807) is 4.90 Å². The smallest absolute Gasteiger partial charge is 0.241 e. The van der Waals surface area contributed by atoms with E-state index in [1.165, 1.54) is 12.5 Å². The molecule has 1 aromatic heterocycles. The number of anilines is 1. The highest BCUT2D eigenvalue weighted by atomic mass is 35.5. The molecule has 0 saturated heterocycles. The number of halogens is 1. The first-order chi connectivity index (χ1) is 7.69. The summed E-state index contributed by atoms with van der Waals surface area (Å²) in [6.07, 6.45) is 2.87. The molecular weight excluding hydrogens is 228 g/mol. The van der Waals surface area contributed by atoms with Crippen LogP contribution in [-0.4, -0.2) is 40.4 Å². The van der Waals surface area contributed by atoms with Crippen molar-refractivity contribution in [1.29, 1.82) is 0 Å². The number of aromatic nitrogens is 2. The van der Waals surface area contributed by atoms with Crippen LogP contribution in [0.4, 0.5) is 5.82 Å². The topological polar surface area (TPSA) is 58.1 Å². The monoisotopic (exact) mass is 242 g/mol. The molecule has 5 nitrogen and oxygen atoms in total. The van der Waals surface area contributed by atoms with Gasteiger partial charge in [0.1, 0.15) is 17.2 Å². The molecule has 1 rings (SSSR count). The molecule has 0 unspecified atom stereocenters. The highest BCUT2D eigenvalue weighted by Gasteiger charge is 2.10. The van der Waals surface area contributed by atoms with E-state index in [-0.39, 0.29) is 12.5 Å². The standard InChI is InChI=1S/C10H15ClN4O/c1-3-15(4-2)9(16)6-13-10-8(11)5-12-7-14-10/h5,7H,3-4,6H2,1-2H3,(H,12,13,14). The number of amides is 1. The van der Waals surface area contributed by atoms with Gasteiger partial charge in [-0.05, 0) is 13.8 Å². The van der Waals surface area contributed by atoms with E-state index >= 15 is 0 Å². The molecule has 0 atom stereocenters. The zero-order valence-electron chi connectivity index (χ0n) is 9.40. The van der Waals surface area contributed by atoms with Crippen molar-refractivity contribution in [1.82, 2.24) is 14.9 Å². The molecule has 1 amide bonds. The summed E-state index contributed by atoms with van der Waals surface area (Å²) in [6.45, 7) is 5.49. The summed E-state index contributed by atoms with van der Waals surface area (Å²) in [6, 6.07) is 0. The lowest BCUT2D eigenvalue weighted by molar-refractivity contribution is -0.128. The van der Waals surface area contributed by atoms with Crippen LogP contribution in [0.5, 0.6) is 0 Å². The number of carbonyl (C=O) groups is 1. The van der Waals surface area contributed by atoms with E-state index in [2.05, 4.69) is 15.3 Å². The third kappa shape index (κ3) is 3.34. The van der Waals surface area contributed by atoms with Crippen molar-refractivity contribution in [2.45, 2.75) is 13.8 Å². The number of nitrogens with one attached hydrogen (secondary N) is 1. The van der Waals surface area contributed by atoms with Gasteiger partial charge in [-0.15, -0.1) is 0 Å². The lowest BCUT2D eigenvalue weighted by Gasteiger charge is -2.18. The molecular formula is C10H15ClN4O. The fourth-order valence-electron chi connectivity index (χ4n) is 1.29. The lowest BCUT2D eigenvalue weighted by atomic mass is 10.4. The average molecular weight is 243 g/mol.